The summed E-state index contributed by atoms with van der Waals surface area (Å²) in [5.74, 6) is -2.20. The molecular formula is C11H9BrO4. The minimum absolute atomic E-state index is 0.281. The second-order valence-electron chi connectivity index (χ2n) is 2.90. The second-order valence-corrected chi connectivity index (χ2v) is 3.81. The highest BCUT2D eigenvalue weighted by Gasteiger charge is 2.12. The van der Waals surface area contributed by atoms with Gasteiger partial charge < -0.3 is 9.84 Å². The molecule has 0 fully saturated rings. The van der Waals surface area contributed by atoms with Crippen LogP contribution in [0, 0.1) is 0 Å². The van der Waals surface area contributed by atoms with E-state index in [9.17, 15) is 14.7 Å². The lowest BCUT2D eigenvalue weighted by Crippen LogP contribution is -2.13. The molecule has 4 nitrogen and oxygen atoms in total. The maximum atomic E-state index is 11.1. The number of rotatable bonds is 3. The van der Waals surface area contributed by atoms with E-state index >= 15 is 0 Å². The zero-order valence-electron chi connectivity index (χ0n) is 8.44. The number of halogens is 1. The van der Waals surface area contributed by atoms with Gasteiger partial charge >= 0.3 is 5.97 Å². The third-order valence-electron chi connectivity index (χ3n) is 1.77. The van der Waals surface area contributed by atoms with Crippen molar-refractivity contribution in [2.75, 3.05) is 7.11 Å². The van der Waals surface area contributed by atoms with E-state index in [4.69, 9.17) is 0 Å². The second kappa shape index (κ2) is 5.46. The van der Waals surface area contributed by atoms with Crippen molar-refractivity contribution in [1.29, 1.82) is 0 Å². The van der Waals surface area contributed by atoms with Crippen molar-refractivity contribution in [3.8, 4) is 0 Å². The summed E-state index contributed by atoms with van der Waals surface area (Å²) < 4.78 is 4.98. The summed E-state index contributed by atoms with van der Waals surface area (Å²) in [5.41, 5.74) is 0.437. The van der Waals surface area contributed by atoms with E-state index in [0.717, 1.165) is 17.7 Å². The first-order chi connectivity index (χ1) is 7.54. The molecule has 16 heavy (non-hydrogen) atoms. The van der Waals surface area contributed by atoms with Gasteiger partial charge in [-0.1, -0.05) is 28.1 Å². The maximum absolute atomic E-state index is 11.1. The van der Waals surface area contributed by atoms with Crippen molar-refractivity contribution in [3.63, 3.8) is 0 Å². The van der Waals surface area contributed by atoms with Crippen molar-refractivity contribution in [2.24, 2.45) is 0 Å². The van der Waals surface area contributed by atoms with E-state index in [2.05, 4.69) is 20.7 Å². The molecule has 0 spiro atoms. The highest BCUT2D eigenvalue weighted by atomic mass is 79.9. The Morgan fingerprint density at radius 3 is 2.69 bits per heavy atom. The first kappa shape index (κ1) is 12.4. The van der Waals surface area contributed by atoms with Gasteiger partial charge in [-0.15, -0.1) is 0 Å². The fourth-order valence-electron chi connectivity index (χ4n) is 1.01. The van der Waals surface area contributed by atoms with Crippen molar-refractivity contribution in [2.45, 2.75) is 0 Å². The van der Waals surface area contributed by atoms with Crippen LogP contribution in [0.25, 0.3) is 5.76 Å². The monoisotopic (exact) mass is 284 g/mol. The van der Waals surface area contributed by atoms with Gasteiger partial charge in [-0.3, -0.25) is 4.79 Å². The Balaban J connectivity index is 2.93. The van der Waals surface area contributed by atoms with Gasteiger partial charge in [-0.2, -0.15) is 0 Å². The van der Waals surface area contributed by atoms with E-state index < -0.39 is 11.8 Å². The first-order valence-electron chi connectivity index (χ1n) is 4.33. The zero-order valence-corrected chi connectivity index (χ0v) is 10.0. The van der Waals surface area contributed by atoms with Crippen molar-refractivity contribution < 1.29 is 19.4 Å². The summed E-state index contributed by atoms with van der Waals surface area (Å²) >= 11 is 3.22. The molecule has 1 aromatic rings. The number of aliphatic hydroxyl groups excluding tert-OH is 1. The number of hydrogen-bond acceptors (Lipinski definition) is 4. The average Bonchev–Trinajstić information content (AvgIpc) is 2.27. The van der Waals surface area contributed by atoms with Crippen LogP contribution >= 0.6 is 15.9 Å². The predicted molar refractivity (Wildman–Crippen MR) is 61.8 cm³/mol. The van der Waals surface area contributed by atoms with Gasteiger partial charge in [-0.05, 0) is 12.1 Å². The Kier molecular flexibility index (Phi) is 4.25. The molecule has 84 valence electrons. The molecule has 1 rings (SSSR count). The number of ketones is 1. The van der Waals surface area contributed by atoms with Crippen molar-refractivity contribution >= 4 is 33.4 Å². The quantitative estimate of drug-likeness (QED) is 0.400. The molecule has 1 aromatic carbocycles. The van der Waals surface area contributed by atoms with Gasteiger partial charge in [0.25, 0.3) is 5.78 Å². The number of methoxy groups -OCH3 is 1. The number of aliphatic hydroxyl groups is 1. The van der Waals surface area contributed by atoms with E-state index in [0.29, 0.717) is 5.56 Å². The molecule has 0 aliphatic rings. The number of esters is 1. The SMILES string of the molecule is COC(=O)C(=O)/C=C(\O)c1cccc(Br)c1. The fraction of sp³-hybridized carbons (Fsp3) is 0.0909. The standard InChI is InChI=1S/C11H9BrO4/c1-16-11(15)10(14)6-9(13)7-3-2-4-8(12)5-7/h2-6,13H,1H3/b9-6-. The summed E-state index contributed by atoms with van der Waals surface area (Å²) in [5, 5.41) is 9.57. The number of carbonyl (C=O) groups is 2. The molecule has 0 atom stereocenters. The Labute approximate surface area is 101 Å². The van der Waals surface area contributed by atoms with E-state index in [1.807, 2.05) is 0 Å². The molecule has 0 saturated carbocycles. The minimum atomic E-state index is -1.01. The van der Waals surface area contributed by atoms with Crippen LogP contribution in [0.15, 0.2) is 34.8 Å². The molecule has 5 heteroatoms. The van der Waals surface area contributed by atoms with Gasteiger partial charge in [0.1, 0.15) is 5.76 Å². The van der Waals surface area contributed by atoms with E-state index in [-0.39, 0.29) is 5.76 Å². The summed E-state index contributed by atoms with van der Waals surface area (Å²) in [6.45, 7) is 0. The first-order valence-corrected chi connectivity index (χ1v) is 5.12. The smallest absolute Gasteiger partial charge is 0.378 e. The Morgan fingerprint density at radius 1 is 1.44 bits per heavy atom. The lowest BCUT2D eigenvalue weighted by atomic mass is 10.1. The Hall–Kier alpha value is -1.62. The van der Waals surface area contributed by atoms with Gasteiger partial charge in [0.05, 0.1) is 7.11 Å². The van der Waals surface area contributed by atoms with Gasteiger partial charge in [0.15, 0.2) is 0 Å². The normalized spacial score (nSPS) is 11.0. The van der Waals surface area contributed by atoms with E-state index in [1.165, 1.54) is 0 Å². The summed E-state index contributed by atoms with van der Waals surface area (Å²) in [4.78, 5) is 21.9. The largest absolute Gasteiger partial charge is 0.507 e. The molecule has 0 aliphatic heterocycles. The van der Waals surface area contributed by atoms with Crippen LogP contribution in [0.3, 0.4) is 0 Å². The topological polar surface area (TPSA) is 63.6 Å². The number of ether oxygens (including phenoxy) is 1. The number of hydrogen-bond donors (Lipinski definition) is 1. The molecular weight excluding hydrogens is 276 g/mol. The molecule has 0 radical (unpaired) electrons. The van der Waals surface area contributed by atoms with Gasteiger partial charge in [0, 0.05) is 16.1 Å². The number of benzene rings is 1. The Morgan fingerprint density at radius 2 is 2.12 bits per heavy atom. The van der Waals surface area contributed by atoms with Gasteiger partial charge in [0.2, 0.25) is 0 Å². The zero-order chi connectivity index (χ0) is 12.1. The maximum Gasteiger partial charge on any atom is 0.378 e. The molecule has 1 N–H and O–H groups in total. The van der Waals surface area contributed by atoms with Crippen LogP contribution in [0.5, 0.6) is 0 Å². The lowest BCUT2D eigenvalue weighted by molar-refractivity contribution is -0.149. The summed E-state index contributed by atoms with van der Waals surface area (Å²) in [7, 11) is 1.10. The highest BCUT2D eigenvalue weighted by Crippen LogP contribution is 2.17. The van der Waals surface area contributed by atoms with Crippen molar-refractivity contribution in [1.82, 2.24) is 0 Å². The predicted octanol–water partition coefficient (Wildman–Crippen LogP) is 2.09. The van der Waals surface area contributed by atoms with Crippen LogP contribution in [-0.2, 0) is 14.3 Å². The molecule has 0 saturated heterocycles. The van der Waals surface area contributed by atoms with Gasteiger partial charge in [-0.25, -0.2) is 4.79 Å². The van der Waals surface area contributed by atoms with Crippen LogP contribution in [0.4, 0.5) is 0 Å². The molecule has 0 amide bonds. The van der Waals surface area contributed by atoms with Crippen LogP contribution in [0.2, 0.25) is 0 Å². The molecule has 0 heterocycles. The highest BCUT2D eigenvalue weighted by molar-refractivity contribution is 9.10. The molecule has 0 bridgehead atoms. The molecule has 0 aliphatic carbocycles. The van der Waals surface area contributed by atoms with Crippen LogP contribution in [-0.4, -0.2) is 24.0 Å². The average molecular weight is 285 g/mol. The third-order valence-corrected chi connectivity index (χ3v) is 2.27. The summed E-state index contributed by atoms with van der Waals surface area (Å²) in [6.07, 6.45) is 0.827. The van der Waals surface area contributed by atoms with Crippen LogP contribution in [0.1, 0.15) is 5.56 Å². The number of carbonyl (C=O) groups excluding carboxylic acids is 2. The summed E-state index contributed by atoms with van der Waals surface area (Å²) in [6, 6.07) is 6.71. The third kappa shape index (κ3) is 3.20. The Bertz CT molecular complexity index is 451. The fourth-order valence-corrected chi connectivity index (χ4v) is 1.41. The van der Waals surface area contributed by atoms with E-state index in [1.54, 1.807) is 24.3 Å². The molecule has 0 unspecified atom stereocenters. The lowest BCUT2D eigenvalue weighted by Gasteiger charge is -2.00. The minimum Gasteiger partial charge on any atom is -0.507 e. The van der Waals surface area contributed by atoms with Crippen LogP contribution < -0.4 is 0 Å². The van der Waals surface area contributed by atoms with Crippen molar-refractivity contribution in [3.05, 3.63) is 40.4 Å². The molecule has 0 aromatic heterocycles.